The molecule has 0 amide bonds. The Morgan fingerprint density at radius 3 is 2.50 bits per heavy atom. The molecule has 0 radical (unpaired) electrons. The standard InChI is InChI=1S/C16H23NO/c1-13(2)12-16(18)17-10-8-15(9-11-17)14-6-4-3-5-7-14/h3-8,13,16,18H,9-12H2,1-2H3/t16-/m1/s1. The van der Waals surface area contributed by atoms with Gasteiger partial charge in [0.1, 0.15) is 6.23 Å². The van der Waals surface area contributed by atoms with Crippen molar-refractivity contribution in [3.8, 4) is 0 Å². The quantitative estimate of drug-likeness (QED) is 0.881. The molecule has 1 aromatic rings. The Bertz CT molecular complexity index is 397. The summed E-state index contributed by atoms with van der Waals surface area (Å²) in [7, 11) is 0. The second kappa shape index (κ2) is 6.17. The van der Waals surface area contributed by atoms with Crippen LogP contribution >= 0.6 is 0 Å². The van der Waals surface area contributed by atoms with Crippen LogP contribution in [0.5, 0.6) is 0 Å². The second-order valence-electron chi connectivity index (χ2n) is 5.45. The van der Waals surface area contributed by atoms with Crippen molar-refractivity contribution in [2.45, 2.75) is 32.9 Å². The minimum Gasteiger partial charge on any atom is -0.378 e. The number of rotatable bonds is 4. The predicted octanol–water partition coefficient (Wildman–Crippen LogP) is 3.14. The first-order chi connectivity index (χ1) is 8.66. The van der Waals surface area contributed by atoms with E-state index in [1.165, 1.54) is 11.1 Å². The van der Waals surface area contributed by atoms with E-state index in [2.05, 4.69) is 49.1 Å². The number of aliphatic hydroxyl groups is 1. The van der Waals surface area contributed by atoms with Crippen LogP contribution in [0, 0.1) is 5.92 Å². The molecular formula is C16H23NO. The first-order valence-corrected chi connectivity index (χ1v) is 6.83. The van der Waals surface area contributed by atoms with E-state index < -0.39 is 0 Å². The van der Waals surface area contributed by atoms with Crippen LogP contribution in [-0.2, 0) is 0 Å². The molecule has 0 spiro atoms. The van der Waals surface area contributed by atoms with Gasteiger partial charge in [-0.1, -0.05) is 50.3 Å². The van der Waals surface area contributed by atoms with Crippen molar-refractivity contribution >= 4 is 5.57 Å². The van der Waals surface area contributed by atoms with Crippen molar-refractivity contribution in [1.82, 2.24) is 4.90 Å². The minimum atomic E-state index is -0.293. The number of benzene rings is 1. The summed E-state index contributed by atoms with van der Waals surface area (Å²) < 4.78 is 0. The fraction of sp³-hybridized carbons (Fsp3) is 0.500. The lowest BCUT2D eigenvalue weighted by molar-refractivity contribution is -0.00387. The fourth-order valence-electron chi connectivity index (χ4n) is 2.44. The Morgan fingerprint density at radius 2 is 1.94 bits per heavy atom. The molecule has 18 heavy (non-hydrogen) atoms. The highest BCUT2D eigenvalue weighted by Crippen LogP contribution is 2.23. The molecule has 1 aliphatic heterocycles. The van der Waals surface area contributed by atoms with Gasteiger partial charge in [-0.25, -0.2) is 0 Å². The normalized spacial score (nSPS) is 18.8. The van der Waals surface area contributed by atoms with Crippen LogP contribution in [0.3, 0.4) is 0 Å². The molecule has 0 aliphatic carbocycles. The van der Waals surface area contributed by atoms with Crippen molar-refractivity contribution in [1.29, 1.82) is 0 Å². The van der Waals surface area contributed by atoms with Crippen LogP contribution in [0.1, 0.15) is 32.3 Å². The van der Waals surface area contributed by atoms with E-state index in [0.29, 0.717) is 5.92 Å². The van der Waals surface area contributed by atoms with Crippen molar-refractivity contribution in [3.05, 3.63) is 42.0 Å². The summed E-state index contributed by atoms with van der Waals surface area (Å²) in [5.41, 5.74) is 2.72. The van der Waals surface area contributed by atoms with Crippen LogP contribution < -0.4 is 0 Å². The maximum absolute atomic E-state index is 10.1. The van der Waals surface area contributed by atoms with Crippen LogP contribution in [0.25, 0.3) is 5.57 Å². The summed E-state index contributed by atoms with van der Waals surface area (Å²) in [5, 5.41) is 10.1. The third kappa shape index (κ3) is 3.44. The van der Waals surface area contributed by atoms with E-state index in [1.54, 1.807) is 0 Å². The third-order valence-electron chi connectivity index (χ3n) is 3.49. The molecule has 0 saturated heterocycles. The Balaban J connectivity index is 1.96. The highest BCUT2D eigenvalue weighted by atomic mass is 16.3. The summed E-state index contributed by atoms with van der Waals surface area (Å²) in [5.74, 6) is 0.541. The molecule has 1 aromatic carbocycles. The molecule has 0 bridgehead atoms. The molecule has 1 heterocycles. The SMILES string of the molecule is CC(C)C[C@@H](O)N1CC=C(c2ccccc2)CC1. The average molecular weight is 245 g/mol. The van der Waals surface area contributed by atoms with Crippen LogP contribution in [0.4, 0.5) is 0 Å². The lowest BCUT2D eigenvalue weighted by atomic mass is 9.99. The van der Waals surface area contributed by atoms with Gasteiger partial charge in [0.15, 0.2) is 0 Å². The lowest BCUT2D eigenvalue weighted by Gasteiger charge is -2.31. The molecule has 1 N–H and O–H groups in total. The predicted molar refractivity (Wildman–Crippen MR) is 76.1 cm³/mol. The highest BCUT2D eigenvalue weighted by molar-refractivity contribution is 5.66. The van der Waals surface area contributed by atoms with Gasteiger partial charge in [-0.15, -0.1) is 0 Å². The maximum atomic E-state index is 10.1. The Hall–Kier alpha value is -1.12. The van der Waals surface area contributed by atoms with Crippen molar-refractivity contribution in [2.24, 2.45) is 5.92 Å². The van der Waals surface area contributed by atoms with Crippen molar-refractivity contribution in [2.75, 3.05) is 13.1 Å². The summed E-state index contributed by atoms with van der Waals surface area (Å²) in [6.07, 6.45) is 3.84. The Morgan fingerprint density at radius 1 is 1.22 bits per heavy atom. The largest absolute Gasteiger partial charge is 0.378 e. The number of hydrogen-bond acceptors (Lipinski definition) is 2. The summed E-state index contributed by atoms with van der Waals surface area (Å²) in [6.45, 7) is 6.11. The van der Waals surface area contributed by atoms with Crippen molar-refractivity contribution in [3.63, 3.8) is 0 Å². The lowest BCUT2D eigenvalue weighted by Crippen LogP contribution is -2.38. The molecule has 0 saturated carbocycles. The van der Waals surface area contributed by atoms with Crippen molar-refractivity contribution < 1.29 is 5.11 Å². The molecule has 2 heteroatoms. The highest BCUT2D eigenvalue weighted by Gasteiger charge is 2.19. The van der Waals surface area contributed by atoms with Gasteiger partial charge in [-0.2, -0.15) is 0 Å². The molecule has 1 atom stereocenters. The van der Waals surface area contributed by atoms with E-state index in [0.717, 1.165) is 25.9 Å². The molecule has 98 valence electrons. The van der Waals surface area contributed by atoms with Crippen LogP contribution in [0.15, 0.2) is 36.4 Å². The molecule has 2 nitrogen and oxygen atoms in total. The van der Waals surface area contributed by atoms with E-state index in [4.69, 9.17) is 0 Å². The van der Waals surface area contributed by atoms with E-state index in [9.17, 15) is 5.11 Å². The smallest absolute Gasteiger partial charge is 0.107 e. The summed E-state index contributed by atoms with van der Waals surface area (Å²) >= 11 is 0. The zero-order chi connectivity index (χ0) is 13.0. The number of hydrogen-bond donors (Lipinski definition) is 1. The monoisotopic (exact) mass is 245 g/mol. The molecular weight excluding hydrogens is 222 g/mol. The average Bonchev–Trinajstić information content (AvgIpc) is 2.39. The fourth-order valence-corrected chi connectivity index (χ4v) is 2.44. The van der Waals surface area contributed by atoms with Gasteiger partial charge in [0.2, 0.25) is 0 Å². The van der Waals surface area contributed by atoms with Gasteiger partial charge in [0, 0.05) is 13.1 Å². The van der Waals surface area contributed by atoms with Crippen LogP contribution in [-0.4, -0.2) is 29.3 Å². The van der Waals surface area contributed by atoms with E-state index in [1.807, 2.05) is 6.07 Å². The topological polar surface area (TPSA) is 23.5 Å². The number of nitrogens with zero attached hydrogens (tertiary/aromatic N) is 1. The summed E-state index contributed by atoms with van der Waals surface area (Å²) in [4.78, 5) is 2.16. The Kier molecular flexibility index (Phi) is 4.56. The number of aliphatic hydroxyl groups excluding tert-OH is 1. The molecule has 0 aromatic heterocycles. The second-order valence-corrected chi connectivity index (χ2v) is 5.45. The van der Waals surface area contributed by atoms with Gasteiger partial charge < -0.3 is 5.11 Å². The van der Waals surface area contributed by atoms with Gasteiger partial charge in [-0.05, 0) is 29.9 Å². The summed E-state index contributed by atoms with van der Waals surface area (Å²) in [6, 6.07) is 10.5. The molecule has 1 aliphatic rings. The maximum Gasteiger partial charge on any atom is 0.107 e. The van der Waals surface area contributed by atoms with Gasteiger partial charge in [0.25, 0.3) is 0 Å². The Labute approximate surface area is 110 Å². The molecule has 2 rings (SSSR count). The van der Waals surface area contributed by atoms with Gasteiger partial charge in [-0.3, -0.25) is 4.90 Å². The first-order valence-electron chi connectivity index (χ1n) is 6.83. The first kappa shape index (κ1) is 13.3. The zero-order valence-electron chi connectivity index (χ0n) is 11.3. The van der Waals surface area contributed by atoms with Gasteiger partial charge in [0.05, 0.1) is 0 Å². The zero-order valence-corrected chi connectivity index (χ0v) is 11.3. The van der Waals surface area contributed by atoms with Gasteiger partial charge >= 0.3 is 0 Å². The van der Waals surface area contributed by atoms with E-state index >= 15 is 0 Å². The molecule has 0 fully saturated rings. The minimum absolute atomic E-state index is 0.293. The van der Waals surface area contributed by atoms with E-state index in [-0.39, 0.29) is 6.23 Å². The third-order valence-corrected chi connectivity index (χ3v) is 3.49. The van der Waals surface area contributed by atoms with Crippen LogP contribution in [0.2, 0.25) is 0 Å². The molecule has 0 unspecified atom stereocenters.